The largest absolute Gasteiger partial charge is 0.393 e. The van der Waals surface area contributed by atoms with Gasteiger partial charge in [-0.1, -0.05) is 6.42 Å². The Bertz CT molecular complexity index is 1790. The molecule has 0 aliphatic carbocycles. The van der Waals surface area contributed by atoms with Gasteiger partial charge >= 0.3 is 11.4 Å². The number of unbranched alkanes of at least 4 members (excludes halogenated alkanes) is 2. The van der Waals surface area contributed by atoms with E-state index in [4.69, 9.17) is 0 Å². The second kappa shape index (κ2) is 15.3. The number of nitrogens with zero attached hydrogens (tertiary/aromatic N) is 8. The lowest BCUT2D eigenvalue weighted by atomic mass is 10.1. The summed E-state index contributed by atoms with van der Waals surface area (Å²) in [5.41, 5.74) is 0.389. The summed E-state index contributed by atoms with van der Waals surface area (Å²) in [6.07, 6.45) is 6.15. The molecule has 0 aromatic carbocycles. The number of aliphatic hydroxyl groups excluding tert-OH is 1. The smallest absolute Gasteiger partial charge is 0.332 e. The van der Waals surface area contributed by atoms with Gasteiger partial charge in [0.1, 0.15) is 11.3 Å². The number of aryl methyl sites for hydroxylation is 3. The minimum Gasteiger partial charge on any atom is -0.393 e. The maximum absolute atomic E-state index is 12.5. The van der Waals surface area contributed by atoms with Crippen molar-refractivity contribution in [1.29, 1.82) is 0 Å². The van der Waals surface area contributed by atoms with Gasteiger partial charge < -0.3 is 24.9 Å². The quantitative estimate of drug-likeness (QED) is 0.178. The first-order chi connectivity index (χ1) is 20.8. The Morgan fingerprint density at radius 1 is 0.886 bits per heavy atom. The van der Waals surface area contributed by atoms with E-state index in [0.717, 1.165) is 25.7 Å². The van der Waals surface area contributed by atoms with Crippen LogP contribution in [0.5, 0.6) is 0 Å². The highest BCUT2D eigenvalue weighted by Crippen LogP contribution is 2.08. The van der Waals surface area contributed by atoms with Crippen LogP contribution in [0.3, 0.4) is 0 Å². The molecule has 0 aliphatic heterocycles. The lowest BCUT2D eigenvalue weighted by Crippen LogP contribution is -2.39. The molecule has 0 fully saturated rings. The second-order valence-electron chi connectivity index (χ2n) is 11.7. The molecule has 244 valence electrons. The summed E-state index contributed by atoms with van der Waals surface area (Å²) >= 11 is 0. The van der Waals surface area contributed by atoms with E-state index in [1.165, 1.54) is 18.3 Å². The van der Waals surface area contributed by atoms with Crippen LogP contribution in [0.15, 0.2) is 25.5 Å². The summed E-state index contributed by atoms with van der Waals surface area (Å²) in [6.45, 7) is 5.19. The zero-order valence-corrected chi connectivity index (χ0v) is 27.3. The molecular formula is C29H48N10O5. The Hall–Kier alpha value is -3.82. The van der Waals surface area contributed by atoms with Gasteiger partial charge in [-0.25, -0.2) is 19.6 Å². The van der Waals surface area contributed by atoms with Gasteiger partial charge in [-0.05, 0) is 67.1 Å². The fourth-order valence-electron chi connectivity index (χ4n) is 5.02. The molecule has 4 aromatic heterocycles. The number of hydrogen-bond donors (Lipinski definition) is 3. The van der Waals surface area contributed by atoms with Gasteiger partial charge in [0.05, 0.1) is 19.0 Å². The Balaban J connectivity index is 0.000000240. The Morgan fingerprint density at radius 3 is 2.02 bits per heavy atom. The topological polar surface area (TPSA) is 170 Å². The van der Waals surface area contributed by atoms with Crippen molar-refractivity contribution in [3.8, 4) is 0 Å². The maximum atomic E-state index is 12.5. The van der Waals surface area contributed by atoms with E-state index in [1.807, 2.05) is 0 Å². The molecule has 0 spiro atoms. The molecule has 0 saturated carbocycles. The molecule has 15 nitrogen and oxygen atoms in total. The van der Waals surface area contributed by atoms with E-state index in [9.17, 15) is 24.3 Å². The van der Waals surface area contributed by atoms with Gasteiger partial charge in [0.15, 0.2) is 16.8 Å². The van der Waals surface area contributed by atoms with Gasteiger partial charge in [0.2, 0.25) is 0 Å². The van der Waals surface area contributed by atoms with Gasteiger partial charge in [0.25, 0.3) is 11.1 Å². The number of fused-ring (bicyclic) bond motifs is 2. The van der Waals surface area contributed by atoms with Gasteiger partial charge in [0, 0.05) is 40.3 Å². The first kappa shape index (κ1) is 34.7. The number of H-pyrrole nitrogens is 1. The number of aliphatic hydroxyl groups is 1. The number of hydrogen-bond acceptors (Lipinski definition) is 9. The summed E-state index contributed by atoms with van der Waals surface area (Å²) in [6, 6.07) is 0.499. The summed E-state index contributed by atoms with van der Waals surface area (Å²) in [5, 5.41) is 12.2. The standard InChI is InChI=1S/C15H25N5O2.C14H23N5O3/c1-11(17(2)3)8-6-7-9-20-14(21)12-13(16-10-18(12)4)19(5)15(20)22;1-9(20)6-4-5-7-19-13(21)11-12(18(3)14(19)22)17-10(16-11)8-15-2/h10-11H,6-9H2,1-5H3;9,15,20H,4-8H2,1-3H3,(H,16,17)/t11-;9-/m11/s1. The molecule has 0 unspecified atom stereocenters. The summed E-state index contributed by atoms with van der Waals surface area (Å²) in [5.74, 6) is 0.622. The van der Waals surface area contributed by atoms with Crippen molar-refractivity contribution in [2.75, 3.05) is 21.1 Å². The third-order valence-corrected chi connectivity index (χ3v) is 7.96. The molecule has 2 atom stereocenters. The first-order valence-electron chi connectivity index (χ1n) is 15.1. The van der Waals surface area contributed by atoms with Crippen LogP contribution in [-0.2, 0) is 40.8 Å². The lowest BCUT2D eigenvalue weighted by Gasteiger charge is -2.19. The van der Waals surface area contributed by atoms with Crippen molar-refractivity contribution >= 4 is 22.3 Å². The molecule has 15 heteroatoms. The SMILES string of the molecule is CNCc1nc2c([nH]1)c(=O)n(CCCC[C@@H](C)O)c(=O)n2C.C[C@H](CCCCn1c(=O)c2c(ncn2C)n(C)c1=O)N(C)C. The van der Waals surface area contributed by atoms with Crippen molar-refractivity contribution in [2.24, 2.45) is 21.1 Å². The third kappa shape index (κ3) is 7.81. The number of nitrogens with one attached hydrogen (secondary N) is 2. The van der Waals surface area contributed by atoms with Gasteiger partial charge in [-0.3, -0.25) is 27.9 Å². The van der Waals surface area contributed by atoms with E-state index >= 15 is 0 Å². The normalized spacial score (nSPS) is 13.0. The molecule has 0 aliphatic rings. The minimum absolute atomic E-state index is 0.251. The summed E-state index contributed by atoms with van der Waals surface area (Å²) in [4.78, 5) is 63.1. The number of rotatable bonds is 13. The van der Waals surface area contributed by atoms with Crippen LogP contribution >= 0.6 is 0 Å². The third-order valence-electron chi connectivity index (χ3n) is 7.96. The number of aromatic nitrogens is 8. The van der Waals surface area contributed by atoms with Crippen LogP contribution in [0.4, 0.5) is 0 Å². The first-order valence-corrected chi connectivity index (χ1v) is 15.1. The molecule has 0 radical (unpaired) electrons. The average molecular weight is 617 g/mol. The Morgan fingerprint density at radius 2 is 1.45 bits per heavy atom. The van der Waals surface area contributed by atoms with Crippen molar-refractivity contribution in [3.05, 3.63) is 53.8 Å². The van der Waals surface area contributed by atoms with Crippen LogP contribution in [0, 0.1) is 0 Å². The maximum Gasteiger partial charge on any atom is 0.332 e. The van der Waals surface area contributed by atoms with E-state index in [0.29, 0.717) is 66.7 Å². The number of imidazole rings is 2. The van der Waals surface area contributed by atoms with Gasteiger partial charge in [-0.15, -0.1) is 0 Å². The van der Waals surface area contributed by atoms with Crippen LogP contribution in [-0.4, -0.2) is 81.1 Å². The van der Waals surface area contributed by atoms with E-state index in [-0.39, 0.29) is 28.6 Å². The van der Waals surface area contributed by atoms with Crippen LogP contribution < -0.4 is 27.8 Å². The fraction of sp³-hybridized carbons (Fsp3) is 0.655. The highest BCUT2D eigenvalue weighted by Gasteiger charge is 2.16. The van der Waals surface area contributed by atoms with Crippen LogP contribution in [0.2, 0.25) is 0 Å². The van der Waals surface area contributed by atoms with Gasteiger partial charge in [-0.2, -0.15) is 0 Å². The van der Waals surface area contributed by atoms with E-state index in [1.54, 1.807) is 46.0 Å². The molecule has 4 heterocycles. The molecule has 0 bridgehead atoms. The average Bonchev–Trinajstić information content (AvgIpc) is 3.58. The molecule has 44 heavy (non-hydrogen) atoms. The predicted molar refractivity (Wildman–Crippen MR) is 171 cm³/mol. The van der Waals surface area contributed by atoms with Crippen molar-refractivity contribution in [2.45, 2.75) is 84.2 Å². The summed E-state index contributed by atoms with van der Waals surface area (Å²) < 4.78 is 7.05. The molecule has 4 rings (SSSR count). The van der Waals surface area contributed by atoms with Crippen molar-refractivity contribution < 1.29 is 5.11 Å². The molecular weight excluding hydrogens is 568 g/mol. The zero-order chi connectivity index (χ0) is 32.7. The van der Waals surface area contributed by atoms with E-state index < -0.39 is 0 Å². The highest BCUT2D eigenvalue weighted by atomic mass is 16.3. The fourth-order valence-corrected chi connectivity index (χ4v) is 5.02. The predicted octanol–water partition coefficient (Wildman–Crippen LogP) is 0.248. The second-order valence-corrected chi connectivity index (χ2v) is 11.7. The lowest BCUT2D eigenvalue weighted by molar-refractivity contribution is 0.180. The molecule has 0 saturated heterocycles. The minimum atomic E-state index is -0.364. The van der Waals surface area contributed by atoms with E-state index in [2.05, 4.69) is 46.2 Å². The van der Waals surface area contributed by atoms with Crippen LogP contribution in [0.1, 0.15) is 58.2 Å². The van der Waals surface area contributed by atoms with Crippen LogP contribution in [0.25, 0.3) is 22.3 Å². The number of aromatic amines is 1. The Labute approximate surface area is 255 Å². The highest BCUT2D eigenvalue weighted by molar-refractivity contribution is 5.70. The molecule has 3 N–H and O–H groups in total. The molecule has 4 aromatic rings. The summed E-state index contributed by atoms with van der Waals surface area (Å²) in [7, 11) is 10.9. The Kier molecular flexibility index (Phi) is 12.0. The van der Waals surface area contributed by atoms with Crippen molar-refractivity contribution in [1.82, 2.24) is 48.0 Å². The zero-order valence-electron chi connectivity index (χ0n) is 27.3. The molecule has 0 amide bonds. The van der Waals surface area contributed by atoms with Crippen molar-refractivity contribution in [3.63, 3.8) is 0 Å². The monoisotopic (exact) mass is 616 g/mol.